The molecule has 0 aliphatic heterocycles. The van der Waals surface area contributed by atoms with Gasteiger partial charge in [-0.25, -0.2) is 4.98 Å². The molecule has 1 fully saturated rings. The first-order valence-electron chi connectivity index (χ1n) is 16.2. The number of hydrogen-bond acceptors (Lipinski definition) is 3. The van der Waals surface area contributed by atoms with Gasteiger partial charge in [-0.3, -0.25) is 0 Å². The number of H-pyrrole nitrogens is 1. The van der Waals surface area contributed by atoms with E-state index in [1.54, 1.807) is 7.11 Å². The highest BCUT2D eigenvalue weighted by atomic mass is 16.5. The van der Waals surface area contributed by atoms with Crippen molar-refractivity contribution in [1.82, 2.24) is 9.97 Å². The number of methoxy groups -OCH3 is 1. The first-order chi connectivity index (χ1) is 21.8. The monoisotopic (exact) mass is 596 g/mol. The van der Waals surface area contributed by atoms with Crippen LogP contribution in [-0.2, 0) is 0 Å². The standard InChI is InChI=1S/C41H44N2O2/c1-7-45-36-13-9-12-35(23-36)40-29(5)42-41(43-40)31-20-18-30(19-21-31)39-28(4)15-14-26(2)22-34-11-8-10-32(24-37(34)39)33-17-16-27(3)38(25-33)44-6/h8-10,12-17,22-25,30-31H,2,4,7,11,18-21H2,1,3,5-6H3,(H,42,43). The van der Waals surface area contributed by atoms with Gasteiger partial charge in [0.05, 0.1) is 19.4 Å². The number of fused-ring (bicyclic) bond motifs is 1. The summed E-state index contributed by atoms with van der Waals surface area (Å²) in [7, 11) is 1.74. The van der Waals surface area contributed by atoms with E-state index in [9.17, 15) is 0 Å². The lowest BCUT2D eigenvalue weighted by Gasteiger charge is -2.32. The van der Waals surface area contributed by atoms with Gasteiger partial charge in [0.1, 0.15) is 17.3 Å². The Hall–Kier alpha value is -4.57. The number of allylic oxidation sites excluding steroid dienone is 12. The fourth-order valence-electron chi connectivity index (χ4n) is 7.02. The zero-order chi connectivity index (χ0) is 31.5. The van der Waals surface area contributed by atoms with Gasteiger partial charge in [0.25, 0.3) is 0 Å². The average Bonchev–Trinajstić information content (AvgIpc) is 3.32. The summed E-state index contributed by atoms with van der Waals surface area (Å²) in [5, 5.41) is 0. The van der Waals surface area contributed by atoms with E-state index in [2.05, 4.69) is 98.8 Å². The van der Waals surface area contributed by atoms with Gasteiger partial charge in [-0.15, -0.1) is 0 Å². The molecule has 0 radical (unpaired) electrons. The van der Waals surface area contributed by atoms with Crippen molar-refractivity contribution in [3.8, 4) is 22.8 Å². The number of aryl methyl sites for hydroxylation is 2. The maximum absolute atomic E-state index is 5.75. The van der Waals surface area contributed by atoms with Crippen LogP contribution in [0.1, 0.15) is 67.6 Å². The Morgan fingerprint density at radius 1 is 0.911 bits per heavy atom. The Bertz CT molecular complexity index is 1780. The lowest BCUT2D eigenvalue weighted by atomic mass is 9.73. The molecule has 0 spiro atoms. The average molecular weight is 597 g/mol. The summed E-state index contributed by atoms with van der Waals surface area (Å²) in [6.45, 7) is 15.8. The van der Waals surface area contributed by atoms with Gasteiger partial charge in [-0.05, 0) is 128 Å². The zero-order valence-electron chi connectivity index (χ0n) is 27.1. The number of imidazole rings is 1. The van der Waals surface area contributed by atoms with Crippen molar-refractivity contribution in [3.63, 3.8) is 0 Å². The summed E-state index contributed by atoms with van der Waals surface area (Å²) in [4.78, 5) is 8.78. The van der Waals surface area contributed by atoms with Gasteiger partial charge in [-0.2, -0.15) is 0 Å². The molecule has 3 aromatic rings. The number of hydrogen-bond donors (Lipinski definition) is 1. The smallest absolute Gasteiger partial charge is 0.122 e. The predicted molar refractivity (Wildman–Crippen MR) is 187 cm³/mol. The minimum Gasteiger partial charge on any atom is -0.496 e. The largest absolute Gasteiger partial charge is 0.496 e. The van der Waals surface area contributed by atoms with Crippen LogP contribution in [0.4, 0.5) is 0 Å². The van der Waals surface area contributed by atoms with Crippen molar-refractivity contribution in [2.45, 2.75) is 58.8 Å². The van der Waals surface area contributed by atoms with Crippen LogP contribution in [0.5, 0.6) is 11.5 Å². The number of aromatic nitrogens is 2. The maximum Gasteiger partial charge on any atom is 0.122 e. The Morgan fingerprint density at radius 2 is 1.71 bits per heavy atom. The first kappa shape index (κ1) is 30.5. The molecule has 1 heterocycles. The fourth-order valence-corrected chi connectivity index (χ4v) is 7.02. The van der Waals surface area contributed by atoms with E-state index in [1.807, 2.05) is 19.1 Å². The predicted octanol–water partition coefficient (Wildman–Crippen LogP) is 10.3. The van der Waals surface area contributed by atoms with E-state index in [-0.39, 0.29) is 0 Å². The third kappa shape index (κ3) is 6.47. The molecule has 3 aliphatic carbocycles. The Labute approximate surface area is 268 Å². The molecule has 0 bridgehead atoms. The summed E-state index contributed by atoms with van der Waals surface area (Å²) in [6, 6.07) is 14.7. The SMILES string of the molecule is C=C1C=CC(=C)C(C2CCC(c3nc(-c4cccc(OCC)c4)c(C)[nH]3)CC2)=C2C=C(c3ccc(C)c(OC)c3)C=CCC2=C1. The Morgan fingerprint density at radius 3 is 2.49 bits per heavy atom. The van der Waals surface area contributed by atoms with E-state index in [0.29, 0.717) is 18.4 Å². The summed E-state index contributed by atoms with van der Waals surface area (Å²) in [5.74, 6) is 3.72. The molecule has 3 aliphatic rings. The van der Waals surface area contributed by atoms with Crippen molar-refractivity contribution >= 4 is 5.57 Å². The summed E-state index contributed by atoms with van der Waals surface area (Å²) < 4.78 is 11.4. The van der Waals surface area contributed by atoms with E-state index in [0.717, 1.165) is 88.7 Å². The van der Waals surface area contributed by atoms with Crippen LogP contribution in [0.2, 0.25) is 0 Å². The van der Waals surface area contributed by atoms with Crippen LogP contribution in [-0.4, -0.2) is 23.7 Å². The van der Waals surface area contributed by atoms with Crippen molar-refractivity contribution < 1.29 is 9.47 Å². The topological polar surface area (TPSA) is 47.1 Å². The highest BCUT2D eigenvalue weighted by molar-refractivity contribution is 5.80. The molecule has 4 heteroatoms. The van der Waals surface area contributed by atoms with E-state index >= 15 is 0 Å². The number of ether oxygens (including phenoxy) is 2. The van der Waals surface area contributed by atoms with Gasteiger partial charge in [0.2, 0.25) is 0 Å². The van der Waals surface area contributed by atoms with Crippen LogP contribution >= 0.6 is 0 Å². The van der Waals surface area contributed by atoms with Gasteiger partial charge in [0, 0.05) is 17.2 Å². The molecular weight excluding hydrogens is 552 g/mol. The molecular formula is C41H44N2O2. The molecule has 6 rings (SSSR count). The molecule has 230 valence electrons. The van der Waals surface area contributed by atoms with Gasteiger partial charge in [-0.1, -0.05) is 67.8 Å². The number of benzene rings is 2. The van der Waals surface area contributed by atoms with Crippen LogP contribution in [0, 0.1) is 19.8 Å². The minimum absolute atomic E-state index is 0.406. The molecule has 1 saturated carbocycles. The molecule has 2 aromatic carbocycles. The van der Waals surface area contributed by atoms with Crippen molar-refractivity contribution in [3.05, 3.63) is 143 Å². The van der Waals surface area contributed by atoms with Gasteiger partial charge < -0.3 is 14.5 Å². The molecule has 0 unspecified atom stereocenters. The molecule has 1 N–H and O–H groups in total. The summed E-state index contributed by atoms with van der Waals surface area (Å²) in [6.07, 6.45) is 18.6. The Balaban J connectivity index is 1.31. The van der Waals surface area contributed by atoms with Gasteiger partial charge >= 0.3 is 0 Å². The zero-order valence-corrected chi connectivity index (χ0v) is 27.1. The highest BCUT2D eigenvalue weighted by Gasteiger charge is 2.30. The number of nitrogens with zero attached hydrogens (tertiary/aromatic N) is 1. The molecule has 1 aromatic heterocycles. The third-order valence-electron chi connectivity index (χ3n) is 9.36. The fraction of sp³-hybridized carbons (Fsp3) is 0.293. The number of nitrogens with one attached hydrogen (secondary N) is 1. The summed E-state index contributed by atoms with van der Waals surface area (Å²) >= 11 is 0. The number of aromatic amines is 1. The van der Waals surface area contributed by atoms with Crippen LogP contribution in [0.15, 0.2) is 120 Å². The van der Waals surface area contributed by atoms with E-state index in [4.69, 9.17) is 14.5 Å². The molecule has 4 nitrogen and oxygen atoms in total. The lowest BCUT2D eigenvalue weighted by molar-refractivity contribution is 0.340. The van der Waals surface area contributed by atoms with Crippen molar-refractivity contribution in [2.75, 3.05) is 13.7 Å². The van der Waals surface area contributed by atoms with Crippen LogP contribution in [0.3, 0.4) is 0 Å². The summed E-state index contributed by atoms with van der Waals surface area (Å²) in [5.41, 5.74) is 12.7. The lowest BCUT2D eigenvalue weighted by Crippen LogP contribution is -2.18. The third-order valence-corrected chi connectivity index (χ3v) is 9.36. The first-order valence-corrected chi connectivity index (χ1v) is 16.2. The number of rotatable bonds is 7. The molecule has 0 atom stereocenters. The highest BCUT2D eigenvalue weighted by Crippen LogP contribution is 2.45. The second-order valence-corrected chi connectivity index (χ2v) is 12.4. The molecule has 45 heavy (non-hydrogen) atoms. The molecule has 0 amide bonds. The van der Waals surface area contributed by atoms with E-state index < -0.39 is 0 Å². The minimum atomic E-state index is 0.406. The second-order valence-electron chi connectivity index (χ2n) is 12.4. The van der Waals surface area contributed by atoms with Crippen LogP contribution in [0.25, 0.3) is 16.8 Å². The quantitative estimate of drug-likeness (QED) is 0.295. The van der Waals surface area contributed by atoms with Crippen molar-refractivity contribution in [2.24, 2.45) is 5.92 Å². The van der Waals surface area contributed by atoms with Gasteiger partial charge in [0.15, 0.2) is 0 Å². The van der Waals surface area contributed by atoms with Crippen LogP contribution < -0.4 is 9.47 Å². The molecule has 0 saturated heterocycles. The van der Waals surface area contributed by atoms with Crippen molar-refractivity contribution in [1.29, 1.82) is 0 Å². The Kier molecular flexibility index (Phi) is 8.93. The second kappa shape index (κ2) is 13.2. The maximum atomic E-state index is 5.75. The van der Waals surface area contributed by atoms with E-state index in [1.165, 1.54) is 22.3 Å². The normalized spacial score (nSPS) is 20.2.